The van der Waals surface area contributed by atoms with E-state index in [0.717, 1.165) is 0 Å². The molecule has 4 nitrogen and oxygen atoms in total. The van der Waals surface area contributed by atoms with Gasteiger partial charge in [-0.1, -0.05) is 5.16 Å². The summed E-state index contributed by atoms with van der Waals surface area (Å²) in [5.74, 6) is -0.107. The van der Waals surface area contributed by atoms with Crippen LogP contribution in [0.25, 0.3) is 0 Å². The van der Waals surface area contributed by atoms with Crippen molar-refractivity contribution >= 4 is 27.5 Å². The van der Waals surface area contributed by atoms with Crippen molar-refractivity contribution in [2.75, 3.05) is 11.4 Å². The highest BCUT2D eigenvalue weighted by Gasteiger charge is 2.32. The highest BCUT2D eigenvalue weighted by molar-refractivity contribution is 9.10. The van der Waals surface area contributed by atoms with E-state index in [0.29, 0.717) is 15.7 Å². The number of oxime groups is 1. The zero-order valence-corrected chi connectivity index (χ0v) is 12.5. The highest BCUT2D eigenvalue weighted by Crippen LogP contribution is 2.31. The molecule has 0 bridgehead atoms. The molecule has 0 aliphatic heterocycles. The van der Waals surface area contributed by atoms with Crippen LogP contribution in [0.5, 0.6) is 0 Å². The molecule has 0 spiro atoms. The van der Waals surface area contributed by atoms with E-state index in [2.05, 4.69) is 21.1 Å². The van der Waals surface area contributed by atoms with Crippen LogP contribution in [0.1, 0.15) is 19.4 Å². The van der Waals surface area contributed by atoms with E-state index in [9.17, 15) is 13.2 Å². The van der Waals surface area contributed by atoms with Crippen LogP contribution < -0.4 is 10.6 Å². The van der Waals surface area contributed by atoms with E-state index in [-0.39, 0.29) is 11.9 Å². The molecule has 0 radical (unpaired) electrons. The summed E-state index contributed by atoms with van der Waals surface area (Å²) < 4.78 is 38.3. The van der Waals surface area contributed by atoms with E-state index in [1.54, 1.807) is 13.8 Å². The summed E-state index contributed by atoms with van der Waals surface area (Å²) in [4.78, 5) is 1.22. The molecule has 1 rings (SSSR count). The summed E-state index contributed by atoms with van der Waals surface area (Å²) >= 11 is 3.22. The van der Waals surface area contributed by atoms with E-state index >= 15 is 0 Å². The van der Waals surface area contributed by atoms with Crippen molar-refractivity contribution in [1.29, 1.82) is 0 Å². The molecule has 0 aliphatic carbocycles. The van der Waals surface area contributed by atoms with E-state index in [1.165, 1.54) is 23.1 Å². The second-order valence-electron chi connectivity index (χ2n) is 4.49. The zero-order valence-electron chi connectivity index (χ0n) is 10.9. The molecule has 0 heterocycles. The molecule has 0 fully saturated rings. The van der Waals surface area contributed by atoms with Crippen LogP contribution >= 0.6 is 15.9 Å². The average Bonchev–Trinajstić information content (AvgIpc) is 2.34. The number of anilines is 1. The van der Waals surface area contributed by atoms with Gasteiger partial charge in [0.1, 0.15) is 6.54 Å². The Kier molecular flexibility index (Phi) is 5.27. The molecule has 20 heavy (non-hydrogen) atoms. The molecule has 3 N–H and O–H groups in total. The second-order valence-corrected chi connectivity index (χ2v) is 5.34. The van der Waals surface area contributed by atoms with Crippen molar-refractivity contribution in [2.45, 2.75) is 26.1 Å². The predicted octanol–water partition coefficient (Wildman–Crippen LogP) is 3.32. The fraction of sp³-hybridized carbons (Fsp3) is 0.417. The molecular weight excluding hydrogens is 339 g/mol. The van der Waals surface area contributed by atoms with Gasteiger partial charge in [0, 0.05) is 16.1 Å². The van der Waals surface area contributed by atoms with Gasteiger partial charge in [0.15, 0.2) is 5.84 Å². The fourth-order valence-electron chi connectivity index (χ4n) is 1.70. The minimum Gasteiger partial charge on any atom is -0.409 e. The van der Waals surface area contributed by atoms with Gasteiger partial charge in [0.05, 0.1) is 5.69 Å². The molecule has 112 valence electrons. The Labute approximate surface area is 123 Å². The number of amidine groups is 1. The van der Waals surface area contributed by atoms with Gasteiger partial charge in [-0.2, -0.15) is 13.2 Å². The summed E-state index contributed by atoms with van der Waals surface area (Å²) in [5, 5.41) is 11.4. The monoisotopic (exact) mass is 353 g/mol. The molecule has 0 aromatic heterocycles. The molecular formula is C12H15BrF3N3O. The third kappa shape index (κ3) is 4.29. The first-order chi connectivity index (χ1) is 9.15. The average molecular weight is 354 g/mol. The molecule has 8 heteroatoms. The third-order valence-electron chi connectivity index (χ3n) is 2.63. The van der Waals surface area contributed by atoms with Crippen LogP contribution in [-0.2, 0) is 0 Å². The molecule has 0 saturated heterocycles. The summed E-state index contributed by atoms with van der Waals surface area (Å²) in [5.41, 5.74) is 6.25. The first kappa shape index (κ1) is 16.6. The van der Waals surface area contributed by atoms with E-state index in [4.69, 9.17) is 10.9 Å². The summed E-state index contributed by atoms with van der Waals surface area (Å²) in [6.45, 7) is 2.30. The Balaban J connectivity index is 3.16. The van der Waals surface area contributed by atoms with Gasteiger partial charge in [-0.15, -0.1) is 0 Å². The number of nitrogens with two attached hydrogens (primary N) is 1. The molecule has 0 saturated carbocycles. The first-order valence-corrected chi connectivity index (χ1v) is 6.56. The van der Waals surface area contributed by atoms with E-state index < -0.39 is 12.7 Å². The van der Waals surface area contributed by atoms with Gasteiger partial charge >= 0.3 is 6.18 Å². The lowest BCUT2D eigenvalue weighted by Gasteiger charge is -2.30. The van der Waals surface area contributed by atoms with Gasteiger partial charge < -0.3 is 15.8 Å². The summed E-state index contributed by atoms with van der Waals surface area (Å²) in [7, 11) is 0. The molecule has 0 atom stereocenters. The zero-order chi connectivity index (χ0) is 15.5. The normalized spacial score (nSPS) is 12.8. The van der Waals surface area contributed by atoms with Crippen molar-refractivity contribution in [1.82, 2.24) is 0 Å². The third-order valence-corrected chi connectivity index (χ3v) is 3.27. The van der Waals surface area contributed by atoms with Crippen molar-refractivity contribution in [2.24, 2.45) is 10.9 Å². The van der Waals surface area contributed by atoms with Crippen LogP contribution in [0.3, 0.4) is 0 Å². The lowest BCUT2D eigenvalue weighted by Crippen LogP contribution is -2.39. The minimum absolute atomic E-state index is 0.107. The largest absolute Gasteiger partial charge is 0.409 e. The number of rotatable bonds is 4. The number of hydrogen-bond acceptors (Lipinski definition) is 3. The Morgan fingerprint density at radius 2 is 2.05 bits per heavy atom. The maximum Gasteiger partial charge on any atom is 0.405 e. The fourth-order valence-corrected chi connectivity index (χ4v) is 2.30. The van der Waals surface area contributed by atoms with Crippen molar-refractivity contribution < 1.29 is 18.4 Å². The highest BCUT2D eigenvalue weighted by atomic mass is 79.9. The van der Waals surface area contributed by atoms with Gasteiger partial charge in [-0.3, -0.25) is 0 Å². The number of hydrogen-bond donors (Lipinski definition) is 2. The standard InChI is InChI=1S/C12H15BrF3N3O/c1-7(2)19(6-12(14,15)16)10-4-3-8(5-9(10)13)11(17)18-20/h3-5,7,20H,6H2,1-2H3,(H2,17,18). The van der Waals surface area contributed by atoms with Crippen LogP contribution in [0.4, 0.5) is 18.9 Å². The Bertz CT molecular complexity index is 503. The smallest absolute Gasteiger partial charge is 0.405 e. The van der Waals surface area contributed by atoms with Crippen LogP contribution in [0, 0.1) is 0 Å². The Morgan fingerprint density at radius 1 is 1.45 bits per heavy atom. The Morgan fingerprint density at radius 3 is 2.45 bits per heavy atom. The maximum atomic E-state index is 12.6. The molecule has 0 aliphatic rings. The van der Waals surface area contributed by atoms with Crippen molar-refractivity contribution in [3.8, 4) is 0 Å². The Hall–Kier alpha value is -1.44. The SMILES string of the molecule is CC(C)N(CC(F)(F)F)c1ccc(/C(N)=N/O)cc1Br. The minimum atomic E-state index is -4.30. The van der Waals surface area contributed by atoms with Gasteiger partial charge in [0.2, 0.25) is 0 Å². The van der Waals surface area contributed by atoms with Gasteiger partial charge in [0.25, 0.3) is 0 Å². The first-order valence-electron chi connectivity index (χ1n) is 5.76. The topological polar surface area (TPSA) is 61.8 Å². The van der Waals surface area contributed by atoms with Crippen LogP contribution in [0.15, 0.2) is 27.8 Å². The van der Waals surface area contributed by atoms with E-state index in [1.807, 2.05) is 0 Å². The number of halogens is 4. The van der Waals surface area contributed by atoms with Crippen molar-refractivity contribution in [3.05, 3.63) is 28.2 Å². The van der Waals surface area contributed by atoms with Crippen LogP contribution in [0.2, 0.25) is 0 Å². The summed E-state index contributed by atoms with van der Waals surface area (Å²) in [6, 6.07) is 4.18. The number of nitrogens with zero attached hydrogens (tertiary/aromatic N) is 2. The second kappa shape index (κ2) is 6.34. The number of alkyl halides is 3. The maximum absolute atomic E-state index is 12.6. The quantitative estimate of drug-likeness (QED) is 0.377. The number of benzene rings is 1. The lowest BCUT2D eigenvalue weighted by molar-refractivity contribution is -0.120. The predicted molar refractivity (Wildman–Crippen MR) is 75.2 cm³/mol. The van der Waals surface area contributed by atoms with Crippen LogP contribution in [-0.4, -0.2) is 29.8 Å². The summed E-state index contributed by atoms with van der Waals surface area (Å²) in [6.07, 6.45) is -4.30. The molecule has 0 unspecified atom stereocenters. The molecule has 1 aromatic carbocycles. The lowest BCUT2D eigenvalue weighted by atomic mass is 10.1. The molecule has 0 amide bonds. The molecule has 1 aromatic rings. The van der Waals surface area contributed by atoms with Gasteiger partial charge in [-0.05, 0) is 48.0 Å². The van der Waals surface area contributed by atoms with Crippen molar-refractivity contribution in [3.63, 3.8) is 0 Å². The van der Waals surface area contributed by atoms with Gasteiger partial charge in [-0.25, -0.2) is 0 Å².